The second-order valence-corrected chi connectivity index (χ2v) is 5.63. The number of rotatable bonds is 5. The van der Waals surface area contributed by atoms with Crippen LogP contribution in [0.25, 0.3) is 0 Å². The fraction of sp³-hybridized carbons (Fsp3) is 0.800. The van der Waals surface area contributed by atoms with Crippen molar-refractivity contribution in [2.24, 2.45) is 17.1 Å². The fourth-order valence-electron chi connectivity index (χ4n) is 2.06. The molecule has 0 spiro atoms. The predicted octanol–water partition coefficient (Wildman–Crippen LogP) is 1.17. The molecule has 3 N–H and O–H groups in total. The van der Waals surface area contributed by atoms with Gasteiger partial charge in [-0.1, -0.05) is 19.1 Å². The van der Waals surface area contributed by atoms with Crippen molar-refractivity contribution in [1.29, 1.82) is 0 Å². The van der Waals surface area contributed by atoms with E-state index in [2.05, 4.69) is 12.2 Å². The summed E-state index contributed by atoms with van der Waals surface area (Å²) in [6, 6.07) is 0. The first-order valence-corrected chi connectivity index (χ1v) is 6.90. The fourth-order valence-corrected chi connectivity index (χ4v) is 2.63. The minimum absolute atomic E-state index is 0.0159. The molecule has 0 heterocycles. The molecule has 1 saturated carbocycles. The summed E-state index contributed by atoms with van der Waals surface area (Å²) in [7, 11) is 0. The topological polar surface area (TPSA) is 55.1 Å². The molecule has 0 aromatic carbocycles. The molecule has 86 valence electrons. The van der Waals surface area contributed by atoms with Crippen molar-refractivity contribution in [3.8, 4) is 0 Å². The Balaban J connectivity index is 2.51. The zero-order valence-electron chi connectivity index (χ0n) is 9.21. The minimum atomic E-state index is -0.548. The number of nitrogens with two attached hydrogens (primary N) is 1. The molecule has 0 saturated heterocycles. The van der Waals surface area contributed by atoms with Crippen molar-refractivity contribution in [3.63, 3.8) is 0 Å². The molecule has 0 aromatic rings. The Morgan fingerprint density at radius 2 is 2.27 bits per heavy atom. The van der Waals surface area contributed by atoms with E-state index >= 15 is 0 Å². The Morgan fingerprint density at radius 3 is 2.67 bits per heavy atom. The van der Waals surface area contributed by atoms with E-state index in [0.29, 0.717) is 17.5 Å². The molecule has 15 heavy (non-hydrogen) atoms. The number of thioether (sulfide) groups is 1. The van der Waals surface area contributed by atoms with Crippen molar-refractivity contribution in [2.75, 3.05) is 18.6 Å². The molecular weight excluding hydrogens is 228 g/mol. The molecule has 1 aliphatic rings. The van der Waals surface area contributed by atoms with Gasteiger partial charge in [-0.25, -0.2) is 0 Å². The third kappa shape index (κ3) is 2.64. The minimum Gasteiger partial charge on any atom is -0.392 e. The predicted molar refractivity (Wildman–Crippen MR) is 69.0 cm³/mol. The van der Waals surface area contributed by atoms with Crippen molar-refractivity contribution in [3.05, 3.63) is 0 Å². The van der Waals surface area contributed by atoms with E-state index in [1.54, 1.807) is 11.8 Å². The van der Waals surface area contributed by atoms with Crippen LogP contribution in [-0.2, 0) is 4.79 Å². The lowest BCUT2D eigenvalue weighted by Crippen LogP contribution is -2.56. The van der Waals surface area contributed by atoms with Crippen LogP contribution < -0.4 is 11.1 Å². The number of hydrogen-bond acceptors (Lipinski definition) is 3. The Morgan fingerprint density at radius 1 is 1.67 bits per heavy atom. The first-order chi connectivity index (χ1) is 7.03. The molecular formula is C10H18N2OS2. The van der Waals surface area contributed by atoms with E-state index in [1.165, 1.54) is 0 Å². The molecule has 0 bridgehead atoms. The van der Waals surface area contributed by atoms with E-state index < -0.39 is 5.41 Å². The van der Waals surface area contributed by atoms with Gasteiger partial charge in [0, 0.05) is 12.3 Å². The summed E-state index contributed by atoms with van der Waals surface area (Å²) in [6.45, 7) is 2.81. The maximum Gasteiger partial charge on any atom is 0.233 e. The van der Waals surface area contributed by atoms with Gasteiger partial charge in [0.05, 0.1) is 10.4 Å². The zero-order valence-corrected chi connectivity index (χ0v) is 10.8. The monoisotopic (exact) mass is 246 g/mol. The van der Waals surface area contributed by atoms with Crippen LogP contribution in [0.15, 0.2) is 0 Å². The first kappa shape index (κ1) is 12.8. The summed E-state index contributed by atoms with van der Waals surface area (Å²) in [4.78, 5) is 12.3. The zero-order chi connectivity index (χ0) is 11.5. The maximum absolute atomic E-state index is 11.9. The van der Waals surface area contributed by atoms with E-state index in [-0.39, 0.29) is 5.91 Å². The molecule has 1 rings (SSSR count). The first-order valence-electron chi connectivity index (χ1n) is 5.10. The van der Waals surface area contributed by atoms with Gasteiger partial charge in [-0.3, -0.25) is 4.79 Å². The van der Waals surface area contributed by atoms with Gasteiger partial charge in [-0.2, -0.15) is 11.8 Å². The van der Waals surface area contributed by atoms with Gasteiger partial charge in [0.1, 0.15) is 0 Å². The highest BCUT2D eigenvalue weighted by molar-refractivity contribution is 7.98. The molecule has 1 aliphatic carbocycles. The summed E-state index contributed by atoms with van der Waals surface area (Å²) in [5.41, 5.74) is 5.12. The summed E-state index contributed by atoms with van der Waals surface area (Å²) >= 11 is 6.71. The third-order valence-corrected chi connectivity index (χ3v) is 3.90. The molecule has 0 aromatic heterocycles. The highest BCUT2D eigenvalue weighted by Crippen LogP contribution is 2.45. The quantitative estimate of drug-likeness (QED) is 0.565. The van der Waals surface area contributed by atoms with Gasteiger partial charge in [0.15, 0.2) is 0 Å². The SMILES string of the molecule is CSCCNC(=O)C1(C(N)=S)CC(C)C1. The van der Waals surface area contributed by atoms with Gasteiger partial charge in [0.2, 0.25) is 5.91 Å². The lowest BCUT2D eigenvalue weighted by atomic mass is 9.62. The highest BCUT2D eigenvalue weighted by Gasteiger charge is 2.50. The van der Waals surface area contributed by atoms with Gasteiger partial charge >= 0.3 is 0 Å². The van der Waals surface area contributed by atoms with E-state index in [0.717, 1.165) is 18.6 Å². The smallest absolute Gasteiger partial charge is 0.233 e. The second-order valence-electron chi connectivity index (χ2n) is 4.21. The molecule has 0 atom stereocenters. The standard InChI is InChI=1S/C10H18N2OS2/c1-7-5-10(6-7,8(11)14)9(13)12-3-4-15-2/h7H,3-6H2,1-2H3,(H2,11,14)(H,12,13). The van der Waals surface area contributed by atoms with Crippen molar-refractivity contribution in [2.45, 2.75) is 19.8 Å². The number of carbonyl (C=O) groups is 1. The van der Waals surface area contributed by atoms with Crippen LogP contribution in [0, 0.1) is 11.3 Å². The average molecular weight is 246 g/mol. The van der Waals surface area contributed by atoms with Crippen LogP contribution in [0.3, 0.4) is 0 Å². The lowest BCUT2D eigenvalue weighted by Gasteiger charge is -2.44. The summed E-state index contributed by atoms with van der Waals surface area (Å²) in [5, 5.41) is 2.90. The average Bonchev–Trinajstić information content (AvgIpc) is 2.12. The molecule has 3 nitrogen and oxygen atoms in total. The summed E-state index contributed by atoms with van der Waals surface area (Å²) in [5.74, 6) is 1.49. The van der Waals surface area contributed by atoms with Crippen LogP contribution in [0.2, 0.25) is 0 Å². The van der Waals surface area contributed by atoms with Crippen molar-refractivity contribution < 1.29 is 4.79 Å². The second kappa shape index (κ2) is 5.16. The van der Waals surface area contributed by atoms with Gasteiger partial charge in [-0.15, -0.1) is 0 Å². The van der Waals surface area contributed by atoms with Crippen LogP contribution in [0.5, 0.6) is 0 Å². The Kier molecular flexibility index (Phi) is 4.40. The third-order valence-electron chi connectivity index (χ3n) is 2.89. The summed E-state index contributed by atoms with van der Waals surface area (Å²) in [6.07, 6.45) is 3.61. The van der Waals surface area contributed by atoms with Crippen LogP contribution >= 0.6 is 24.0 Å². The normalized spacial score (nSPS) is 29.3. The van der Waals surface area contributed by atoms with E-state index in [9.17, 15) is 4.79 Å². The molecule has 5 heteroatoms. The Hall–Kier alpha value is -0.290. The van der Waals surface area contributed by atoms with Crippen molar-refractivity contribution >= 4 is 34.9 Å². The number of hydrogen-bond donors (Lipinski definition) is 2. The van der Waals surface area contributed by atoms with E-state index in [4.69, 9.17) is 18.0 Å². The molecule has 1 amide bonds. The molecule has 0 unspecified atom stereocenters. The Bertz CT molecular complexity index is 262. The van der Waals surface area contributed by atoms with Gasteiger partial charge in [0.25, 0.3) is 0 Å². The number of carbonyl (C=O) groups excluding carboxylic acids is 1. The lowest BCUT2D eigenvalue weighted by molar-refractivity contribution is -0.132. The number of nitrogens with one attached hydrogen (secondary N) is 1. The van der Waals surface area contributed by atoms with Crippen LogP contribution in [0.4, 0.5) is 0 Å². The summed E-state index contributed by atoms with van der Waals surface area (Å²) < 4.78 is 0. The molecule has 0 aliphatic heterocycles. The van der Waals surface area contributed by atoms with Gasteiger partial charge in [-0.05, 0) is 25.0 Å². The maximum atomic E-state index is 11.9. The van der Waals surface area contributed by atoms with Crippen LogP contribution in [0.1, 0.15) is 19.8 Å². The highest BCUT2D eigenvalue weighted by atomic mass is 32.2. The number of amides is 1. The van der Waals surface area contributed by atoms with Crippen molar-refractivity contribution in [1.82, 2.24) is 5.32 Å². The van der Waals surface area contributed by atoms with Crippen LogP contribution in [-0.4, -0.2) is 29.4 Å². The van der Waals surface area contributed by atoms with E-state index in [1.807, 2.05) is 6.26 Å². The molecule has 1 fully saturated rings. The van der Waals surface area contributed by atoms with Gasteiger partial charge < -0.3 is 11.1 Å². The number of thiocarbonyl (C=S) groups is 1. The molecule has 0 radical (unpaired) electrons. The largest absolute Gasteiger partial charge is 0.392 e. The Labute approximate surface area is 101 Å².